The van der Waals surface area contributed by atoms with Gasteiger partial charge in [0.05, 0.1) is 12.2 Å². The van der Waals surface area contributed by atoms with E-state index in [1.807, 2.05) is 19.1 Å². The molecule has 2 amide bonds. The molecule has 1 fully saturated rings. The van der Waals surface area contributed by atoms with E-state index in [4.69, 9.17) is 4.42 Å². The lowest BCUT2D eigenvalue weighted by Crippen LogP contribution is -2.45. The van der Waals surface area contributed by atoms with E-state index in [0.29, 0.717) is 25.8 Å². The second-order valence-electron chi connectivity index (χ2n) is 4.73. The van der Waals surface area contributed by atoms with Gasteiger partial charge in [-0.05, 0) is 25.5 Å². The maximum absolute atomic E-state index is 12.0. The van der Waals surface area contributed by atoms with Crippen LogP contribution in [0.1, 0.15) is 25.5 Å². The van der Waals surface area contributed by atoms with Gasteiger partial charge in [0.15, 0.2) is 0 Å². The summed E-state index contributed by atoms with van der Waals surface area (Å²) in [5.41, 5.74) is 0. The number of hydrogen-bond donors (Lipinski definition) is 2. The van der Waals surface area contributed by atoms with Crippen molar-refractivity contribution >= 4 is 11.8 Å². The lowest BCUT2D eigenvalue weighted by atomic mass is 9.98. The molecule has 0 spiro atoms. The largest absolute Gasteiger partial charge is 0.469 e. The van der Waals surface area contributed by atoms with Crippen LogP contribution in [0.15, 0.2) is 22.8 Å². The molecule has 1 saturated heterocycles. The van der Waals surface area contributed by atoms with Crippen LogP contribution < -0.4 is 10.6 Å². The minimum Gasteiger partial charge on any atom is -0.469 e. The van der Waals surface area contributed by atoms with Gasteiger partial charge in [-0.1, -0.05) is 0 Å². The highest BCUT2D eigenvalue weighted by Crippen LogP contribution is 2.11. The first kappa shape index (κ1) is 12.7. The average molecular weight is 250 g/mol. The van der Waals surface area contributed by atoms with E-state index in [1.54, 1.807) is 6.26 Å². The summed E-state index contributed by atoms with van der Waals surface area (Å²) in [5, 5.41) is 5.67. The van der Waals surface area contributed by atoms with Crippen LogP contribution >= 0.6 is 0 Å². The standard InChI is InChI=1S/C13H18N2O3/c1-9(7-11-3-2-6-18-11)15-13(17)10-4-5-12(16)14-8-10/h2-3,6,9-10H,4-5,7-8H2,1H3,(H,14,16)(H,15,17). The van der Waals surface area contributed by atoms with E-state index in [2.05, 4.69) is 10.6 Å². The third-order valence-corrected chi connectivity index (χ3v) is 3.11. The monoisotopic (exact) mass is 250 g/mol. The maximum atomic E-state index is 12.0. The van der Waals surface area contributed by atoms with E-state index in [0.717, 1.165) is 5.76 Å². The molecule has 0 saturated carbocycles. The van der Waals surface area contributed by atoms with Gasteiger partial charge in [0.1, 0.15) is 5.76 Å². The van der Waals surface area contributed by atoms with E-state index in [-0.39, 0.29) is 23.8 Å². The van der Waals surface area contributed by atoms with Gasteiger partial charge in [-0.2, -0.15) is 0 Å². The number of carbonyl (C=O) groups is 2. The Morgan fingerprint density at radius 2 is 2.50 bits per heavy atom. The fourth-order valence-corrected chi connectivity index (χ4v) is 2.10. The number of nitrogens with one attached hydrogen (secondary N) is 2. The number of piperidine rings is 1. The first-order valence-corrected chi connectivity index (χ1v) is 6.24. The minimum atomic E-state index is -0.109. The average Bonchev–Trinajstić information content (AvgIpc) is 2.82. The second-order valence-corrected chi connectivity index (χ2v) is 4.73. The number of carbonyl (C=O) groups excluding carboxylic acids is 2. The van der Waals surface area contributed by atoms with Crippen LogP contribution in [0, 0.1) is 5.92 Å². The molecule has 1 aliphatic rings. The van der Waals surface area contributed by atoms with Crippen molar-refractivity contribution < 1.29 is 14.0 Å². The summed E-state index contributed by atoms with van der Waals surface area (Å²) in [6.45, 7) is 2.39. The molecule has 2 unspecified atom stereocenters. The first-order valence-electron chi connectivity index (χ1n) is 6.24. The summed E-state index contributed by atoms with van der Waals surface area (Å²) < 4.78 is 5.24. The van der Waals surface area contributed by atoms with Crippen LogP contribution in [0.5, 0.6) is 0 Å². The normalized spacial score (nSPS) is 21.2. The summed E-state index contributed by atoms with van der Waals surface area (Å²) >= 11 is 0. The summed E-state index contributed by atoms with van der Waals surface area (Å²) in [6.07, 6.45) is 3.37. The maximum Gasteiger partial charge on any atom is 0.225 e. The molecule has 1 aromatic rings. The van der Waals surface area contributed by atoms with Gasteiger partial charge >= 0.3 is 0 Å². The molecule has 2 N–H and O–H groups in total. The molecule has 2 atom stereocenters. The Hall–Kier alpha value is -1.78. The fraction of sp³-hybridized carbons (Fsp3) is 0.538. The number of furan rings is 1. The summed E-state index contributed by atoms with van der Waals surface area (Å²) in [7, 11) is 0. The Bertz CT molecular complexity index is 404. The zero-order valence-corrected chi connectivity index (χ0v) is 10.4. The summed E-state index contributed by atoms with van der Waals surface area (Å²) in [5.74, 6) is 0.790. The number of hydrogen-bond acceptors (Lipinski definition) is 3. The van der Waals surface area contributed by atoms with Crippen molar-refractivity contribution in [1.82, 2.24) is 10.6 Å². The van der Waals surface area contributed by atoms with E-state index < -0.39 is 0 Å². The summed E-state index contributed by atoms with van der Waals surface area (Å²) in [6, 6.07) is 3.76. The van der Waals surface area contributed by atoms with Crippen LogP contribution in [-0.4, -0.2) is 24.4 Å². The minimum absolute atomic E-state index is 0.00839. The molecule has 0 radical (unpaired) electrons. The topological polar surface area (TPSA) is 71.3 Å². The molecular weight excluding hydrogens is 232 g/mol. The highest BCUT2D eigenvalue weighted by molar-refractivity contribution is 5.83. The SMILES string of the molecule is CC(Cc1ccco1)NC(=O)C1CCC(=O)NC1. The van der Waals surface area contributed by atoms with Gasteiger partial charge in [-0.15, -0.1) is 0 Å². The van der Waals surface area contributed by atoms with Crippen LogP contribution in [0.3, 0.4) is 0 Å². The van der Waals surface area contributed by atoms with E-state index in [9.17, 15) is 9.59 Å². The van der Waals surface area contributed by atoms with Crippen molar-refractivity contribution in [2.75, 3.05) is 6.54 Å². The predicted molar refractivity (Wildman–Crippen MR) is 65.8 cm³/mol. The molecule has 0 aromatic carbocycles. The number of amides is 2. The van der Waals surface area contributed by atoms with Crippen molar-refractivity contribution in [2.24, 2.45) is 5.92 Å². The predicted octanol–water partition coefficient (Wildman–Crippen LogP) is 0.853. The Morgan fingerprint density at radius 3 is 3.11 bits per heavy atom. The van der Waals surface area contributed by atoms with Crippen LogP contribution in [0.25, 0.3) is 0 Å². The lowest BCUT2D eigenvalue weighted by Gasteiger charge is -2.23. The van der Waals surface area contributed by atoms with Crippen molar-refractivity contribution in [1.29, 1.82) is 0 Å². The van der Waals surface area contributed by atoms with Gasteiger partial charge < -0.3 is 15.1 Å². The molecular formula is C13H18N2O3. The molecule has 2 rings (SSSR count). The van der Waals surface area contributed by atoms with Crippen molar-refractivity contribution in [3.05, 3.63) is 24.2 Å². The van der Waals surface area contributed by atoms with E-state index >= 15 is 0 Å². The molecule has 1 aromatic heterocycles. The number of rotatable bonds is 4. The smallest absolute Gasteiger partial charge is 0.225 e. The molecule has 5 heteroatoms. The zero-order valence-electron chi connectivity index (χ0n) is 10.4. The molecule has 2 heterocycles. The Balaban J connectivity index is 1.78. The third kappa shape index (κ3) is 3.35. The molecule has 18 heavy (non-hydrogen) atoms. The van der Waals surface area contributed by atoms with Gasteiger partial charge in [0.2, 0.25) is 11.8 Å². The second kappa shape index (κ2) is 5.71. The molecule has 98 valence electrons. The highest BCUT2D eigenvalue weighted by atomic mass is 16.3. The van der Waals surface area contributed by atoms with Crippen LogP contribution in [0.4, 0.5) is 0 Å². The van der Waals surface area contributed by atoms with Gasteiger partial charge in [0, 0.05) is 25.4 Å². The molecule has 0 aliphatic carbocycles. The van der Waals surface area contributed by atoms with Gasteiger partial charge in [-0.3, -0.25) is 9.59 Å². The van der Waals surface area contributed by atoms with Crippen LogP contribution in [0.2, 0.25) is 0 Å². The van der Waals surface area contributed by atoms with Gasteiger partial charge in [-0.25, -0.2) is 0 Å². The molecule has 0 bridgehead atoms. The Morgan fingerprint density at radius 1 is 1.67 bits per heavy atom. The van der Waals surface area contributed by atoms with Crippen molar-refractivity contribution in [3.8, 4) is 0 Å². The zero-order chi connectivity index (χ0) is 13.0. The Kier molecular flexibility index (Phi) is 4.02. The van der Waals surface area contributed by atoms with E-state index in [1.165, 1.54) is 0 Å². The first-order chi connectivity index (χ1) is 8.65. The van der Waals surface area contributed by atoms with Crippen molar-refractivity contribution in [3.63, 3.8) is 0 Å². The molecule has 1 aliphatic heterocycles. The fourth-order valence-electron chi connectivity index (χ4n) is 2.10. The third-order valence-electron chi connectivity index (χ3n) is 3.11. The van der Waals surface area contributed by atoms with Gasteiger partial charge in [0.25, 0.3) is 0 Å². The highest BCUT2D eigenvalue weighted by Gasteiger charge is 2.25. The quantitative estimate of drug-likeness (QED) is 0.832. The lowest BCUT2D eigenvalue weighted by molar-refractivity contribution is -0.129. The van der Waals surface area contributed by atoms with Crippen LogP contribution in [-0.2, 0) is 16.0 Å². The molecule has 5 nitrogen and oxygen atoms in total. The summed E-state index contributed by atoms with van der Waals surface area (Å²) in [4.78, 5) is 23.0. The van der Waals surface area contributed by atoms with Crippen molar-refractivity contribution in [2.45, 2.75) is 32.2 Å². The Labute approximate surface area is 106 Å².